The number of fused-ring (bicyclic) bond motifs is 1. The van der Waals surface area contributed by atoms with Crippen LogP contribution in [0.2, 0.25) is 0 Å². The van der Waals surface area contributed by atoms with Gasteiger partial charge in [-0.2, -0.15) is 0 Å². The van der Waals surface area contributed by atoms with Crippen LogP contribution >= 0.6 is 0 Å². The van der Waals surface area contributed by atoms with Crippen molar-refractivity contribution in [2.45, 2.75) is 26.3 Å². The molecular formula is C24H21NO4. The maximum Gasteiger partial charge on any atom is 0.255 e. The molecular weight excluding hydrogens is 366 g/mol. The minimum Gasteiger partial charge on any atom is -0.469 e. The molecule has 0 aliphatic rings. The summed E-state index contributed by atoms with van der Waals surface area (Å²) in [4.78, 5) is 25.9. The van der Waals surface area contributed by atoms with Crippen LogP contribution in [0.25, 0.3) is 22.3 Å². The Morgan fingerprint density at radius 2 is 1.83 bits per heavy atom. The molecule has 4 aromatic rings. The highest BCUT2D eigenvalue weighted by molar-refractivity contribution is 6.05. The standard InChI is InChI=1S/C24H21NO4/c1-15(14-18-10-7-13-28-18)25-24(27)20-12-6-11-19-21(26)16(2)22(29-23(19)20)17-8-4-3-5-9-17/h3-13,15H,14H2,1-2H3,(H,25,27). The van der Waals surface area contributed by atoms with Crippen molar-refractivity contribution in [3.8, 4) is 11.3 Å². The van der Waals surface area contributed by atoms with E-state index < -0.39 is 0 Å². The number of amides is 1. The second-order valence-electron chi connectivity index (χ2n) is 7.09. The van der Waals surface area contributed by atoms with Crippen molar-refractivity contribution in [1.29, 1.82) is 0 Å². The molecule has 0 saturated carbocycles. The monoisotopic (exact) mass is 387 g/mol. The summed E-state index contributed by atoms with van der Waals surface area (Å²) in [5.74, 6) is 0.983. The van der Waals surface area contributed by atoms with E-state index in [9.17, 15) is 9.59 Å². The van der Waals surface area contributed by atoms with Crippen molar-refractivity contribution in [2.24, 2.45) is 0 Å². The molecule has 1 N–H and O–H groups in total. The van der Waals surface area contributed by atoms with Gasteiger partial charge in [0.1, 0.15) is 11.5 Å². The molecule has 5 nitrogen and oxygen atoms in total. The summed E-state index contributed by atoms with van der Waals surface area (Å²) in [6.45, 7) is 3.65. The van der Waals surface area contributed by atoms with Crippen molar-refractivity contribution in [2.75, 3.05) is 0 Å². The Bertz CT molecular complexity index is 1210. The lowest BCUT2D eigenvalue weighted by Crippen LogP contribution is -2.34. The minimum absolute atomic E-state index is 0.136. The first-order chi connectivity index (χ1) is 14.0. The summed E-state index contributed by atoms with van der Waals surface area (Å²) in [7, 11) is 0. The number of nitrogens with one attached hydrogen (secondary N) is 1. The molecule has 1 unspecified atom stereocenters. The molecule has 29 heavy (non-hydrogen) atoms. The number of rotatable bonds is 5. The van der Waals surface area contributed by atoms with Gasteiger partial charge in [0.15, 0.2) is 11.0 Å². The Kier molecular flexibility index (Phi) is 5.04. The molecule has 2 aromatic heterocycles. The molecule has 146 valence electrons. The van der Waals surface area contributed by atoms with E-state index in [1.807, 2.05) is 49.4 Å². The number of furan rings is 1. The third kappa shape index (κ3) is 3.72. The van der Waals surface area contributed by atoms with Crippen LogP contribution in [-0.4, -0.2) is 11.9 Å². The number of para-hydroxylation sites is 1. The molecule has 0 radical (unpaired) electrons. The lowest BCUT2D eigenvalue weighted by molar-refractivity contribution is 0.0940. The van der Waals surface area contributed by atoms with E-state index in [1.54, 1.807) is 31.4 Å². The van der Waals surface area contributed by atoms with Crippen LogP contribution < -0.4 is 10.7 Å². The van der Waals surface area contributed by atoms with Gasteiger partial charge in [-0.1, -0.05) is 36.4 Å². The van der Waals surface area contributed by atoms with Crippen LogP contribution in [0.3, 0.4) is 0 Å². The van der Waals surface area contributed by atoms with Crippen LogP contribution in [0.4, 0.5) is 0 Å². The highest BCUT2D eigenvalue weighted by Crippen LogP contribution is 2.27. The fourth-order valence-electron chi connectivity index (χ4n) is 3.44. The summed E-state index contributed by atoms with van der Waals surface area (Å²) < 4.78 is 11.5. The SMILES string of the molecule is Cc1c(-c2ccccc2)oc2c(C(=O)NC(C)Cc3ccco3)cccc2c1=O. The average molecular weight is 387 g/mol. The Morgan fingerprint density at radius 1 is 1.03 bits per heavy atom. The molecule has 2 heterocycles. The van der Waals surface area contributed by atoms with E-state index in [0.29, 0.717) is 34.3 Å². The number of benzene rings is 2. The van der Waals surface area contributed by atoms with Crippen molar-refractivity contribution in [3.05, 3.63) is 94.0 Å². The minimum atomic E-state index is -0.291. The van der Waals surface area contributed by atoms with Crippen molar-refractivity contribution >= 4 is 16.9 Å². The predicted molar refractivity (Wildman–Crippen MR) is 112 cm³/mol. The average Bonchev–Trinajstić information content (AvgIpc) is 3.23. The maximum absolute atomic E-state index is 12.9. The number of hydrogen-bond donors (Lipinski definition) is 1. The molecule has 1 atom stereocenters. The molecule has 0 saturated heterocycles. The largest absolute Gasteiger partial charge is 0.469 e. The Hall–Kier alpha value is -3.60. The van der Waals surface area contributed by atoms with Gasteiger partial charge in [0.2, 0.25) is 0 Å². The lowest BCUT2D eigenvalue weighted by atomic mass is 10.0. The van der Waals surface area contributed by atoms with Gasteiger partial charge in [-0.15, -0.1) is 0 Å². The Labute approximate surface area is 168 Å². The number of carbonyl (C=O) groups is 1. The molecule has 4 rings (SSSR count). The summed E-state index contributed by atoms with van der Waals surface area (Å²) in [5.41, 5.74) is 1.81. The van der Waals surface area contributed by atoms with Crippen molar-refractivity contribution in [1.82, 2.24) is 5.32 Å². The molecule has 0 aliphatic carbocycles. The normalized spacial score (nSPS) is 12.1. The molecule has 2 aromatic carbocycles. The molecule has 0 bridgehead atoms. The smallest absolute Gasteiger partial charge is 0.255 e. The van der Waals surface area contributed by atoms with Gasteiger partial charge in [-0.3, -0.25) is 9.59 Å². The summed E-state index contributed by atoms with van der Waals surface area (Å²) in [6, 6.07) is 18.0. The fraction of sp³-hybridized carbons (Fsp3) is 0.167. The summed E-state index contributed by atoms with van der Waals surface area (Å²) in [5, 5.41) is 3.36. The quantitative estimate of drug-likeness (QED) is 0.538. The van der Waals surface area contributed by atoms with E-state index in [1.165, 1.54) is 0 Å². The van der Waals surface area contributed by atoms with Gasteiger partial charge < -0.3 is 14.2 Å². The summed E-state index contributed by atoms with van der Waals surface area (Å²) >= 11 is 0. The van der Waals surface area contributed by atoms with Gasteiger partial charge in [0, 0.05) is 23.6 Å². The second-order valence-corrected chi connectivity index (χ2v) is 7.09. The van der Waals surface area contributed by atoms with Crippen LogP contribution in [-0.2, 0) is 6.42 Å². The number of hydrogen-bond acceptors (Lipinski definition) is 4. The molecule has 0 aliphatic heterocycles. The van der Waals surface area contributed by atoms with Gasteiger partial charge >= 0.3 is 0 Å². The van der Waals surface area contributed by atoms with Crippen LogP contribution in [0.5, 0.6) is 0 Å². The van der Waals surface area contributed by atoms with Gasteiger partial charge in [0.05, 0.1) is 17.2 Å². The maximum atomic E-state index is 12.9. The molecule has 5 heteroatoms. The zero-order valence-corrected chi connectivity index (χ0v) is 16.3. The van der Waals surface area contributed by atoms with E-state index in [4.69, 9.17) is 8.83 Å². The van der Waals surface area contributed by atoms with E-state index in [2.05, 4.69) is 5.32 Å². The van der Waals surface area contributed by atoms with Gasteiger partial charge in [-0.25, -0.2) is 0 Å². The first-order valence-corrected chi connectivity index (χ1v) is 9.49. The van der Waals surface area contributed by atoms with E-state index in [-0.39, 0.29) is 17.4 Å². The van der Waals surface area contributed by atoms with Crippen molar-refractivity contribution in [3.63, 3.8) is 0 Å². The first-order valence-electron chi connectivity index (χ1n) is 9.49. The van der Waals surface area contributed by atoms with Crippen molar-refractivity contribution < 1.29 is 13.6 Å². The first kappa shape index (κ1) is 18.7. The van der Waals surface area contributed by atoms with Crippen LogP contribution in [0.15, 0.2) is 80.6 Å². The predicted octanol–water partition coefficient (Wildman–Crippen LogP) is 4.72. The Morgan fingerprint density at radius 3 is 2.55 bits per heavy atom. The second kappa shape index (κ2) is 7.80. The van der Waals surface area contributed by atoms with Gasteiger partial charge in [0.25, 0.3) is 5.91 Å². The van der Waals surface area contributed by atoms with E-state index >= 15 is 0 Å². The van der Waals surface area contributed by atoms with Gasteiger partial charge in [-0.05, 0) is 38.1 Å². The molecule has 0 spiro atoms. The highest BCUT2D eigenvalue weighted by Gasteiger charge is 2.19. The third-order valence-corrected chi connectivity index (χ3v) is 4.89. The summed E-state index contributed by atoms with van der Waals surface area (Å²) in [6.07, 6.45) is 2.18. The number of carbonyl (C=O) groups excluding carboxylic acids is 1. The zero-order valence-electron chi connectivity index (χ0n) is 16.3. The van der Waals surface area contributed by atoms with Crippen LogP contribution in [0, 0.1) is 6.92 Å². The molecule has 0 fully saturated rings. The molecule has 1 amide bonds. The highest BCUT2D eigenvalue weighted by atomic mass is 16.3. The Balaban J connectivity index is 1.74. The lowest BCUT2D eigenvalue weighted by Gasteiger charge is -2.14. The fourth-order valence-corrected chi connectivity index (χ4v) is 3.44. The topological polar surface area (TPSA) is 72.5 Å². The van der Waals surface area contributed by atoms with E-state index in [0.717, 1.165) is 11.3 Å². The third-order valence-electron chi connectivity index (χ3n) is 4.89. The van der Waals surface area contributed by atoms with Crippen LogP contribution in [0.1, 0.15) is 28.6 Å². The zero-order chi connectivity index (χ0) is 20.4.